The minimum atomic E-state index is -3.19. The Balaban J connectivity index is 2.79. The van der Waals surface area contributed by atoms with Gasteiger partial charge in [0.25, 0.3) is 0 Å². The molecule has 1 amide bonds. The summed E-state index contributed by atoms with van der Waals surface area (Å²) in [5.74, 6) is -0.0216. The van der Waals surface area contributed by atoms with Gasteiger partial charge in [0.05, 0.1) is 4.90 Å². The van der Waals surface area contributed by atoms with Gasteiger partial charge in [-0.25, -0.2) is 8.42 Å². The van der Waals surface area contributed by atoms with Crippen LogP contribution in [-0.2, 0) is 14.6 Å². The van der Waals surface area contributed by atoms with Gasteiger partial charge in [-0.15, -0.1) is 0 Å². The lowest BCUT2D eigenvalue weighted by atomic mass is 10.0. The van der Waals surface area contributed by atoms with Crippen molar-refractivity contribution in [2.24, 2.45) is 5.92 Å². The molecule has 0 radical (unpaired) electrons. The number of sulfone groups is 1. The van der Waals surface area contributed by atoms with Gasteiger partial charge in [0.2, 0.25) is 5.91 Å². The molecule has 5 heteroatoms. The summed E-state index contributed by atoms with van der Waals surface area (Å²) in [5.41, 5.74) is 0.624. The van der Waals surface area contributed by atoms with E-state index in [1.807, 2.05) is 13.8 Å². The van der Waals surface area contributed by atoms with E-state index in [1.54, 1.807) is 12.1 Å². The monoisotopic (exact) mass is 269 g/mol. The Morgan fingerprint density at radius 1 is 1.17 bits per heavy atom. The van der Waals surface area contributed by atoms with Crippen LogP contribution < -0.4 is 5.32 Å². The van der Waals surface area contributed by atoms with Crippen LogP contribution in [0.15, 0.2) is 29.2 Å². The molecule has 0 aliphatic carbocycles. The fourth-order valence-electron chi connectivity index (χ4n) is 1.69. The molecule has 0 atom stereocenters. The number of carbonyl (C=O) groups excluding carboxylic acids is 1. The Kier molecular flexibility index (Phi) is 4.90. The van der Waals surface area contributed by atoms with Gasteiger partial charge in [-0.1, -0.05) is 13.8 Å². The Hall–Kier alpha value is -1.36. The maximum absolute atomic E-state index is 11.8. The highest BCUT2D eigenvalue weighted by Gasteiger charge is 2.14. The number of carbonyl (C=O) groups is 1. The van der Waals surface area contributed by atoms with Gasteiger partial charge in [-0.05, 0) is 37.1 Å². The summed E-state index contributed by atoms with van der Waals surface area (Å²) < 4.78 is 22.6. The summed E-state index contributed by atoms with van der Waals surface area (Å²) in [6, 6.07) is 6.21. The van der Waals surface area contributed by atoms with Gasteiger partial charge in [-0.3, -0.25) is 4.79 Å². The molecule has 1 aromatic rings. The van der Waals surface area contributed by atoms with E-state index in [4.69, 9.17) is 0 Å². The van der Waals surface area contributed by atoms with Crippen molar-refractivity contribution >= 4 is 21.4 Å². The summed E-state index contributed by atoms with van der Waals surface area (Å²) in [5, 5.41) is 2.79. The van der Waals surface area contributed by atoms with Gasteiger partial charge in [0.1, 0.15) is 0 Å². The molecule has 1 N–H and O–H groups in total. The van der Waals surface area contributed by atoms with Crippen LogP contribution in [0, 0.1) is 5.92 Å². The minimum absolute atomic E-state index is 0.000385. The first-order chi connectivity index (χ1) is 8.38. The van der Waals surface area contributed by atoms with E-state index < -0.39 is 9.84 Å². The van der Waals surface area contributed by atoms with E-state index in [9.17, 15) is 13.2 Å². The zero-order chi connectivity index (χ0) is 13.8. The smallest absolute Gasteiger partial charge is 0.227 e. The van der Waals surface area contributed by atoms with Crippen LogP contribution in [0.2, 0.25) is 0 Å². The topological polar surface area (TPSA) is 63.2 Å². The molecule has 0 spiro atoms. The van der Waals surface area contributed by atoms with Crippen molar-refractivity contribution in [3.8, 4) is 0 Å². The maximum atomic E-state index is 11.8. The molecule has 0 saturated carbocycles. The number of rotatable bonds is 5. The second-order valence-corrected chi connectivity index (χ2v) is 6.31. The molecule has 0 aromatic heterocycles. The average molecular weight is 269 g/mol. The first kappa shape index (κ1) is 14.7. The molecule has 0 aliphatic heterocycles. The predicted octanol–water partition coefficient (Wildman–Crippen LogP) is 2.46. The summed E-state index contributed by atoms with van der Waals surface area (Å²) in [6.45, 7) is 3.95. The lowest BCUT2D eigenvalue weighted by molar-refractivity contribution is -0.120. The fourth-order valence-corrected chi connectivity index (χ4v) is 2.32. The van der Waals surface area contributed by atoms with Crippen molar-refractivity contribution < 1.29 is 13.2 Å². The molecule has 0 bridgehead atoms. The highest BCUT2D eigenvalue weighted by atomic mass is 32.2. The zero-order valence-electron chi connectivity index (χ0n) is 10.9. The number of hydrogen-bond acceptors (Lipinski definition) is 3. The van der Waals surface area contributed by atoms with Crippen LogP contribution in [0.4, 0.5) is 5.69 Å². The summed E-state index contributed by atoms with van der Waals surface area (Å²) >= 11 is 0. The average Bonchev–Trinajstić information content (AvgIpc) is 2.30. The van der Waals surface area contributed by atoms with E-state index in [2.05, 4.69) is 5.32 Å². The van der Waals surface area contributed by atoms with Crippen LogP contribution in [0.5, 0.6) is 0 Å². The normalized spacial score (nSPS) is 11.6. The van der Waals surface area contributed by atoms with Crippen LogP contribution in [0.25, 0.3) is 0 Å². The second-order valence-electron chi connectivity index (χ2n) is 4.30. The summed E-state index contributed by atoms with van der Waals surface area (Å²) in [6.07, 6.45) is 2.75. The highest BCUT2D eigenvalue weighted by molar-refractivity contribution is 7.90. The molecular weight excluding hydrogens is 250 g/mol. The summed E-state index contributed by atoms with van der Waals surface area (Å²) in [7, 11) is -3.19. The molecule has 1 rings (SSSR count). The molecule has 1 aromatic carbocycles. The van der Waals surface area contributed by atoms with Crippen molar-refractivity contribution in [1.29, 1.82) is 0 Å². The number of hydrogen-bond donors (Lipinski definition) is 1. The SMILES string of the molecule is CCC(CC)C(=O)Nc1ccc(S(C)(=O)=O)cc1. The van der Waals surface area contributed by atoms with E-state index in [0.29, 0.717) is 5.69 Å². The van der Waals surface area contributed by atoms with E-state index in [1.165, 1.54) is 12.1 Å². The van der Waals surface area contributed by atoms with Crippen molar-refractivity contribution in [3.05, 3.63) is 24.3 Å². The van der Waals surface area contributed by atoms with Crippen molar-refractivity contribution in [2.45, 2.75) is 31.6 Å². The van der Waals surface area contributed by atoms with Crippen LogP contribution in [0.1, 0.15) is 26.7 Å². The van der Waals surface area contributed by atoms with Crippen molar-refractivity contribution in [1.82, 2.24) is 0 Å². The maximum Gasteiger partial charge on any atom is 0.227 e. The van der Waals surface area contributed by atoms with Crippen molar-refractivity contribution in [2.75, 3.05) is 11.6 Å². The van der Waals surface area contributed by atoms with Gasteiger partial charge < -0.3 is 5.32 Å². The quantitative estimate of drug-likeness (QED) is 0.893. The largest absolute Gasteiger partial charge is 0.326 e. The molecule has 100 valence electrons. The van der Waals surface area contributed by atoms with E-state index in [0.717, 1.165) is 19.1 Å². The number of nitrogens with one attached hydrogen (secondary N) is 1. The molecule has 0 heterocycles. The zero-order valence-corrected chi connectivity index (χ0v) is 11.8. The molecule has 0 fully saturated rings. The Bertz CT molecular complexity index is 502. The van der Waals surface area contributed by atoms with Gasteiger partial charge in [-0.2, -0.15) is 0 Å². The third kappa shape index (κ3) is 3.84. The third-order valence-electron chi connectivity index (χ3n) is 2.91. The Morgan fingerprint density at radius 3 is 2.06 bits per heavy atom. The molecule has 18 heavy (non-hydrogen) atoms. The molecular formula is C13H19NO3S. The lowest BCUT2D eigenvalue weighted by Crippen LogP contribution is -2.21. The lowest BCUT2D eigenvalue weighted by Gasteiger charge is -2.12. The van der Waals surface area contributed by atoms with E-state index in [-0.39, 0.29) is 16.7 Å². The third-order valence-corrected chi connectivity index (χ3v) is 4.03. The van der Waals surface area contributed by atoms with Crippen LogP contribution >= 0.6 is 0 Å². The first-order valence-electron chi connectivity index (χ1n) is 5.99. The van der Waals surface area contributed by atoms with Crippen molar-refractivity contribution in [3.63, 3.8) is 0 Å². The van der Waals surface area contributed by atoms with Gasteiger partial charge in [0.15, 0.2) is 9.84 Å². The second kappa shape index (κ2) is 6.00. The van der Waals surface area contributed by atoms with E-state index >= 15 is 0 Å². The highest BCUT2D eigenvalue weighted by Crippen LogP contribution is 2.16. The van der Waals surface area contributed by atoms with Gasteiger partial charge >= 0.3 is 0 Å². The number of amides is 1. The minimum Gasteiger partial charge on any atom is -0.326 e. The Labute approximate surface area is 108 Å². The first-order valence-corrected chi connectivity index (χ1v) is 7.88. The predicted molar refractivity (Wildman–Crippen MR) is 72.3 cm³/mol. The summed E-state index contributed by atoms with van der Waals surface area (Å²) in [4.78, 5) is 12.1. The molecule has 0 saturated heterocycles. The Morgan fingerprint density at radius 2 is 1.67 bits per heavy atom. The molecule has 4 nitrogen and oxygen atoms in total. The molecule has 0 aliphatic rings. The molecule has 0 unspecified atom stereocenters. The van der Waals surface area contributed by atoms with Crippen LogP contribution in [0.3, 0.4) is 0 Å². The number of benzene rings is 1. The standard InChI is InChI=1S/C13H19NO3S/c1-4-10(5-2)13(15)14-11-6-8-12(9-7-11)18(3,16)17/h6-10H,4-5H2,1-3H3,(H,14,15). The van der Waals surface area contributed by atoms with Crippen LogP contribution in [-0.4, -0.2) is 20.6 Å². The fraction of sp³-hybridized carbons (Fsp3) is 0.462. The number of anilines is 1. The van der Waals surface area contributed by atoms with Gasteiger partial charge in [0, 0.05) is 17.9 Å².